The van der Waals surface area contributed by atoms with Crippen LogP contribution in [0.25, 0.3) is 0 Å². The molecule has 0 saturated carbocycles. The highest BCUT2D eigenvalue weighted by molar-refractivity contribution is 5.75. The van der Waals surface area contributed by atoms with E-state index in [1.165, 1.54) is 83.5 Å². The average molecular weight is 310 g/mol. The summed E-state index contributed by atoms with van der Waals surface area (Å²) in [5, 5.41) is 0. The Bertz CT molecular complexity index is 260. The molecule has 0 aromatic heterocycles. The van der Waals surface area contributed by atoms with Crippen molar-refractivity contribution in [3.8, 4) is 0 Å². The predicted octanol–water partition coefficient (Wildman–Crippen LogP) is 5.94. The van der Waals surface area contributed by atoms with E-state index >= 15 is 0 Å². The number of carbonyl (C=O) groups is 1. The second-order valence-corrected chi connectivity index (χ2v) is 6.53. The fraction of sp³-hybridized carbons (Fsp3) is 0.850. The van der Waals surface area contributed by atoms with Gasteiger partial charge in [0.1, 0.15) is 5.78 Å². The number of nitrogens with two attached hydrogens (primary N) is 1. The second-order valence-electron chi connectivity index (χ2n) is 6.53. The third-order valence-corrected chi connectivity index (χ3v) is 4.14. The molecule has 2 N–H and O–H groups in total. The molecule has 0 aliphatic heterocycles. The quantitative estimate of drug-likeness (QED) is 0.267. The Labute approximate surface area is 138 Å². The van der Waals surface area contributed by atoms with Crippen LogP contribution in [0.5, 0.6) is 0 Å². The molecular formula is C20H39NO. The molecule has 0 bridgehead atoms. The van der Waals surface area contributed by atoms with Gasteiger partial charge >= 0.3 is 0 Å². The van der Waals surface area contributed by atoms with Crippen molar-refractivity contribution in [2.75, 3.05) is 6.54 Å². The summed E-state index contributed by atoms with van der Waals surface area (Å²) < 4.78 is 0. The summed E-state index contributed by atoms with van der Waals surface area (Å²) in [6.07, 6.45) is 23.5. The summed E-state index contributed by atoms with van der Waals surface area (Å²) in [5.74, 6) is 0.334. The first-order valence-corrected chi connectivity index (χ1v) is 9.62. The van der Waals surface area contributed by atoms with Crippen molar-refractivity contribution in [2.45, 2.75) is 103 Å². The van der Waals surface area contributed by atoms with E-state index in [0.29, 0.717) is 5.78 Å². The highest BCUT2D eigenvalue weighted by atomic mass is 16.1. The van der Waals surface area contributed by atoms with Crippen molar-refractivity contribution in [1.82, 2.24) is 0 Å². The molecule has 0 amide bonds. The van der Waals surface area contributed by atoms with E-state index in [-0.39, 0.29) is 0 Å². The van der Waals surface area contributed by atoms with Gasteiger partial charge in [0.15, 0.2) is 0 Å². The minimum absolute atomic E-state index is 0.334. The Morgan fingerprint density at radius 3 is 1.55 bits per heavy atom. The molecule has 0 aromatic carbocycles. The molecule has 0 aromatic rings. The van der Waals surface area contributed by atoms with Crippen LogP contribution in [0.3, 0.4) is 0 Å². The van der Waals surface area contributed by atoms with Crippen LogP contribution in [0.2, 0.25) is 0 Å². The highest BCUT2D eigenvalue weighted by Crippen LogP contribution is 2.10. The van der Waals surface area contributed by atoms with E-state index in [0.717, 1.165) is 19.4 Å². The summed E-state index contributed by atoms with van der Waals surface area (Å²) in [6, 6.07) is 0. The zero-order chi connectivity index (χ0) is 16.3. The van der Waals surface area contributed by atoms with Crippen LogP contribution < -0.4 is 5.73 Å². The molecule has 0 heterocycles. The average Bonchev–Trinajstić information content (AvgIpc) is 2.50. The molecule has 2 heteroatoms. The number of ketones is 1. The third kappa shape index (κ3) is 19.4. The number of allylic oxidation sites excluding steroid dienone is 2. The number of hydrogen-bond acceptors (Lipinski definition) is 2. The van der Waals surface area contributed by atoms with Gasteiger partial charge in [-0.15, -0.1) is 0 Å². The van der Waals surface area contributed by atoms with Crippen LogP contribution in [0, 0.1) is 0 Å². The molecule has 22 heavy (non-hydrogen) atoms. The molecule has 0 aliphatic carbocycles. The fourth-order valence-corrected chi connectivity index (χ4v) is 2.69. The van der Waals surface area contributed by atoms with Crippen LogP contribution in [-0.4, -0.2) is 12.3 Å². The Hall–Kier alpha value is -0.630. The summed E-state index contributed by atoms with van der Waals surface area (Å²) in [6.45, 7) is 2.54. The number of hydrogen-bond donors (Lipinski definition) is 1. The second kappa shape index (κ2) is 18.4. The Morgan fingerprint density at radius 2 is 1.09 bits per heavy atom. The number of rotatable bonds is 17. The van der Waals surface area contributed by atoms with E-state index < -0.39 is 0 Å². The van der Waals surface area contributed by atoms with E-state index in [9.17, 15) is 4.79 Å². The molecule has 2 nitrogen and oxygen atoms in total. The monoisotopic (exact) mass is 309 g/mol. The van der Waals surface area contributed by atoms with Gasteiger partial charge in [-0.25, -0.2) is 0 Å². The summed E-state index contributed by atoms with van der Waals surface area (Å²) in [7, 11) is 0. The first-order valence-electron chi connectivity index (χ1n) is 9.62. The Morgan fingerprint density at radius 1 is 0.682 bits per heavy atom. The van der Waals surface area contributed by atoms with Crippen molar-refractivity contribution in [3.05, 3.63) is 12.2 Å². The van der Waals surface area contributed by atoms with E-state index in [2.05, 4.69) is 12.2 Å². The van der Waals surface area contributed by atoms with E-state index in [1.54, 1.807) is 6.92 Å². The maximum Gasteiger partial charge on any atom is 0.129 e. The maximum absolute atomic E-state index is 10.8. The van der Waals surface area contributed by atoms with Crippen LogP contribution in [-0.2, 0) is 4.79 Å². The standard InChI is InChI=1S/C20H39NO/c1-20(22)18-16-14-12-10-8-6-4-2-3-5-7-9-11-13-15-17-19-21/h2-3H,4-19,21H2,1H3/b3-2-. The Balaban J connectivity index is 3.07. The van der Waals surface area contributed by atoms with Gasteiger partial charge in [-0.3, -0.25) is 0 Å². The van der Waals surface area contributed by atoms with E-state index in [1.807, 2.05) is 0 Å². The zero-order valence-corrected chi connectivity index (χ0v) is 15.0. The molecule has 130 valence electrons. The van der Waals surface area contributed by atoms with Gasteiger partial charge in [0.2, 0.25) is 0 Å². The zero-order valence-electron chi connectivity index (χ0n) is 15.0. The van der Waals surface area contributed by atoms with Crippen molar-refractivity contribution < 1.29 is 4.79 Å². The van der Waals surface area contributed by atoms with Crippen LogP contribution in [0.1, 0.15) is 103 Å². The highest BCUT2D eigenvalue weighted by Gasteiger charge is 1.94. The van der Waals surface area contributed by atoms with Gasteiger partial charge in [-0.05, 0) is 52.0 Å². The largest absolute Gasteiger partial charge is 0.330 e. The molecule has 0 radical (unpaired) electrons. The molecule has 0 fully saturated rings. The van der Waals surface area contributed by atoms with Gasteiger partial charge < -0.3 is 10.5 Å². The smallest absolute Gasteiger partial charge is 0.129 e. The lowest BCUT2D eigenvalue weighted by molar-refractivity contribution is -0.117. The minimum Gasteiger partial charge on any atom is -0.330 e. The lowest BCUT2D eigenvalue weighted by atomic mass is 10.1. The molecule has 0 rings (SSSR count). The van der Waals surface area contributed by atoms with Gasteiger partial charge in [0.25, 0.3) is 0 Å². The summed E-state index contributed by atoms with van der Waals surface area (Å²) in [4.78, 5) is 10.8. The molecule has 0 saturated heterocycles. The maximum atomic E-state index is 10.8. The normalized spacial score (nSPS) is 11.4. The lowest BCUT2D eigenvalue weighted by Gasteiger charge is -2.00. The topological polar surface area (TPSA) is 43.1 Å². The lowest BCUT2D eigenvalue weighted by Crippen LogP contribution is -1.97. The van der Waals surface area contributed by atoms with Crippen molar-refractivity contribution in [2.24, 2.45) is 5.73 Å². The van der Waals surface area contributed by atoms with Crippen LogP contribution in [0.15, 0.2) is 12.2 Å². The number of carbonyl (C=O) groups excluding carboxylic acids is 1. The van der Waals surface area contributed by atoms with E-state index in [4.69, 9.17) is 5.73 Å². The van der Waals surface area contributed by atoms with Crippen molar-refractivity contribution in [1.29, 1.82) is 0 Å². The summed E-state index contributed by atoms with van der Waals surface area (Å²) >= 11 is 0. The third-order valence-electron chi connectivity index (χ3n) is 4.14. The number of Topliss-reactive ketones (excluding diaryl/α,β-unsaturated/α-hetero) is 1. The van der Waals surface area contributed by atoms with Gasteiger partial charge in [-0.2, -0.15) is 0 Å². The molecule has 0 aliphatic rings. The first kappa shape index (κ1) is 21.4. The van der Waals surface area contributed by atoms with Crippen LogP contribution in [0.4, 0.5) is 0 Å². The van der Waals surface area contributed by atoms with Gasteiger partial charge in [0.05, 0.1) is 0 Å². The Kier molecular flexibility index (Phi) is 17.9. The SMILES string of the molecule is CC(=O)CCCCCCCC/C=C\CCCCCCCCN. The summed E-state index contributed by atoms with van der Waals surface area (Å²) in [5.41, 5.74) is 5.48. The predicted molar refractivity (Wildman–Crippen MR) is 98.1 cm³/mol. The van der Waals surface area contributed by atoms with Crippen molar-refractivity contribution in [3.63, 3.8) is 0 Å². The van der Waals surface area contributed by atoms with Gasteiger partial charge in [0, 0.05) is 6.42 Å². The van der Waals surface area contributed by atoms with Crippen molar-refractivity contribution >= 4 is 5.78 Å². The molecular weight excluding hydrogens is 270 g/mol. The number of unbranched alkanes of at least 4 members (excludes halogenated alkanes) is 12. The molecule has 0 spiro atoms. The fourth-order valence-electron chi connectivity index (χ4n) is 2.69. The minimum atomic E-state index is 0.334. The van der Waals surface area contributed by atoms with Crippen LogP contribution >= 0.6 is 0 Å². The molecule has 0 unspecified atom stereocenters. The molecule has 0 atom stereocenters. The first-order chi connectivity index (χ1) is 10.8. The van der Waals surface area contributed by atoms with Gasteiger partial charge in [-0.1, -0.05) is 63.5 Å².